The second kappa shape index (κ2) is 10.6. The minimum atomic E-state index is -1.68. The molecule has 0 spiro atoms. The Morgan fingerprint density at radius 2 is 1.82 bits per heavy atom. The summed E-state index contributed by atoms with van der Waals surface area (Å²) in [5, 5.41) is 0. The smallest absolute Gasteiger partial charge is 0.192 e. The number of halogens is 1. The molecule has 0 aromatic carbocycles. The molecule has 0 aliphatic heterocycles. The summed E-state index contributed by atoms with van der Waals surface area (Å²) in [5.41, 5.74) is 0. The summed E-state index contributed by atoms with van der Waals surface area (Å²) in [6.07, 6.45) is 5.19. The summed E-state index contributed by atoms with van der Waals surface area (Å²) >= 11 is 2.22. The van der Waals surface area contributed by atoms with Gasteiger partial charge in [-0.3, -0.25) is 0 Å². The van der Waals surface area contributed by atoms with Crippen molar-refractivity contribution in [2.45, 2.75) is 77.6 Å². The molecule has 1 nitrogen and oxygen atoms in total. The number of hydrogen-bond donors (Lipinski definition) is 0. The summed E-state index contributed by atoms with van der Waals surface area (Å²) in [6.45, 7) is 8.87. The van der Waals surface area contributed by atoms with Crippen LogP contribution in [0.4, 0.5) is 0 Å². The minimum absolute atomic E-state index is 0.689. The standard InChI is InChI=1S/C14H29IOSi/c1-5-9-11-14(12-10-13-15)16-17(6-2,7-3)8-4/h10,13-14H,5-9,11-12H2,1-4H3/i14D. The van der Waals surface area contributed by atoms with Crippen LogP contribution in [-0.4, -0.2) is 14.4 Å². The third-order valence-electron chi connectivity index (χ3n) is 3.54. The Kier molecular flexibility index (Phi) is 9.75. The summed E-state index contributed by atoms with van der Waals surface area (Å²) in [7, 11) is -1.68. The van der Waals surface area contributed by atoms with Crippen LogP contribution in [0.3, 0.4) is 0 Å². The average Bonchev–Trinajstić information content (AvgIpc) is 2.41. The summed E-state index contributed by atoms with van der Waals surface area (Å²) in [6, 6.07) is 3.38. The summed E-state index contributed by atoms with van der Waals surface area (Å²) in [4.78, 5) is 0. The number of unbranched alkanes of at least 4 members (excludes halogenated alkanes) is 1. The quantitative estimate of drug-likeness (QED) is 0.344. The molecule has 1 atom stereocenters. The van der Waals surface area contributed by atoms with E-state index in [0.29, 0.717) is 0 Å². The lowest BCUT2D eigenvalue weighted by Crippen LogP contribution is -2.39. The van der Waals surface area contributed by atoms with Crippen LogP contribution >= 0.6 is 22.6 Å². The zero-order valence-corrected chi connectivity index (χ0v) is 15.0. The third kappa shape index (κ3) is 6.96. The van der Waals surface area contributed by atoms with E-state index in [4.69, 9.17) is 5.80 Å². The number of rotatable bonds is 10. The van der Waals surface area contributed by atoms with Crippen molar-refractivity contribution < 1.29 is 5.80 Å². The highest BCUT2D eigenvalue weighted by molar-refractivity contribution is 14.1. The summed E-state index contributed by atoms with van der Waals surface area (Å²) in [5.74, 6) is 0. The molecule has 0 aliphatic carbocycles. The van der Waals surface area contributed by atoms with Gasteiger partial charge < -0.3 is 4.43 Å². The molecule has 1 unspecified atom stereocenters. The minimum Gasteiger partial charge on any atom is -0.414 e. The van der Waals surface area contributed by atoms with Crippen molar-refractivity contribution in [1.82, 2.24) is 0 Å². The van der Waals surface area contributed by atoms with E-state index in [1.165, 1.54) is 0 Å². The topological polar surface area (TPSA) is 9.23 Å². The third-order valence-corrected chi connectivity index (χ3v) is 8.63. The van der Waals surface area contributed by atoms with Crippen LogP contribution in [-0.2, 0) is 4.43 Å². The molecular formula is C14H29IOSi. The highest BCUT2D eigenvalue weighted by atomic mass is 127. The van der Waals surface area contributed by atoms with Crippen molar-refractivity contribution in [3.63, 3.8) is 0 Å². The fraction of sp³-hybridized carbons (Fsp3) is 0.857. The predicted molar refractivity (Wildman–Crippen MR) is 89.4 cm³/mol. The van der Waals surface area contributed by atoms with Crippen LogP contribution < -0.4 is 0 Å². The van der Waals surface area contributed by atoms with Gasteiger partial charge >= 0.3 is 0 Å². The highest BCUT2D eigenvalue weighted by Crippen LogP contribution is 2.26. The van der Waals surface area contributed by atoms with Crippen molar-refractivity contribution in [1.29, 1.82) is 0 Å². The molecule has 0 fully saturated rings. The van der Waals surface area contributed by atoms with E-state index in [2.05, 4.69) is 56.4 Å². The molecule has 0 aromatic rings. The molecule has 0 saturated heterocycles. The van der Waals surface area contributed by atoms with Crippen molar-refractivity contribution in [3.05, 3.63) is 10.2 Å². The van der Waals surface area contributed by atoms with E-state index < -0.39 is 14.4 Å². The van der Waals surface area contributed by atoms with Crippen LogP contribution in [0.5, 0.6) is 0 Å². The molecule has 0 aromatic heterocycles. The summed E-state index contributed by atoms with van der Waals surface area (Å²) < 4.78 is 17.1. The zero-order valence-electron chi connectivity index (χ0n) is 12.9. The maximum absolute atomic E-state index is 8.65. The van der Waals surface area contributed by atoms with E-state index in [-0.39, 0.29) is 0 Å². The van der Waals surface area contributed by atoms with E-state index in [1.807, 2.05) is 4.08 Å². The first-order chi connectivity index (χ1) is 8.51. The molecule has 17 heavy (non-hydrogen) atoms. The Balaban J connectivity index is 4.83. The van der Waals surface area contributed by atoms with Gasteiger partial charge in [0.25, 0.3) is 0 Å². The lowest BCUT2D eigenvalue weighted by molar-refractivity contribution is 0.176. The maximum Gasteiger partial charge on any atom is 0.192 e. The van der Waals surface area contributed by atoms with Gasteiger partial charge in [0.2, 0.25) is 0 Å². The van der Waals surface area contributed by atoms with Gasteiger partial charge in [-0.1, -0.05) is 69.2 Å². The lowest BCUT2D eigenvalue weighted by Gasteiger charge is -2.33. The Morgan fingerprint density at radius 1 is 1.24 bits per heavy atom. The van der Waals surface area contributed by atoms with Crippen LogP contribution in [0, 0.1) is 0 Å². The molecule has 0 amide bonds. The maximum atomic E-state index is 8.65. The average molecular weight is 369 g/mol. The molecule has 3 heteroatoms. The molecule has 102 valence electrons. The highest BCUT2D eigenvalue weighted by Gasteiger charge is 2.31. The first kappa shape index (κ1) is 15.7. The SMILES string of the molecule is [2H]C(CC=CI)(CCCC)O[Si](CC)(CC)CC. The van der Waals surface area contributed by atoms with Crippen molar-refractivity contribution in [3.8, 4) is 0 Å². The Labute approximate surface area is 124 Å². The van der Waals surface area contributed by atoms with Crippen LogP contribution in [0.25, 0.3) is 0 Å². The van der Waals surface area contributed by atoms with Gasteiger partial charge in [0, 0.05) is 6.08 Å². The lowest BCUT2D eigenvalue weighted by atomic mass is 10.1. The fourth-order valence-electron chi connectivity index (χ4n) is 2.02. The molecule has 0 bridgehead atoms. The normalized spacial score (nSPS) is 17.1. The second-order valence-electron chi connectivity index (χ2n) is 4.55. The van der Waals surface area contributed by atoms with Crippen molar-refractivity contribution in [2.24, 2.45) is 0 Å². The monoisotopic (exact) mass is 369 g/mol. The first-order valence-electron chi connectivity index (χ1n) is 7.46. The molecule has 0 heterocycles. The van der Waals surface area contributed by atoms with Gasteiger partial charge in [-0.15, -0.1) is 0 Å². The van der Waals surface area contributed by atoms with Crippen LogP contribution in [0.2, 0.25) is 18.1 Å². The number of hydrogen-bond acceptors (Lipinski definition) is 1. The molecule has 0 saturated carbocycles. The van der Waals surface area contributed by atoms with E-state index >= 15 is 0 Å². The Bertz CT molecular complexity index is 236. The van der Waals surface area contributed by atoms with Crippen molar-refractivity contribution >= 4 is 30.9 Å². The predicted octanol–water partition coefficient (Wildman–Crippen LogP) is 5.91. The van der Waals surface area contributed by atoms with E-state index in [0.717, 1.165) is 43.8 Å². The van der Waals surface area contributed by atoms with Gasteiger partial charge in [0.1, 0.15) is 0 Å². The van der Waals surface area contributed by atoms with Crippen LogP contribution in [0.1, 0.15) is 54.7 Å². The van der Waals surface area contributed by atoms with Gasteiger partial charge in [-0.25, -0.2) is 0 Å². The first-order valence-corrected chi connectivity index (χ1v) is 10.7. The zero-order chi connectivity index (χ0) is 14.1. The van der Waals surface area contributed by atoms with Gasteiger partial charge in [-0.2, -0.15) is 0 Å². The fourth-order valence-corrected chi connectivity index (χ4v) is 5.00. The van der Waals surface area contributed by atoms with E-state index in [1.54, 1.807) is 0 Å². The second-order valence-corrected chi connectivity index (χ2v) is 9.96. The van der Waals surface area contributed by atoms with Gasteiger partial charge in [0.15, 0.2) is 8.32 Å². The van der Waals surface area contributed by atoms with Gasteiger partial charge in [0.05, 0.1) is 1.37 Å². The van der Waals surface area contributed by atoms with Crippen molar-refractivity contribution in [2.75, 3.05) is 0 Å². The van der Waals surface area contributed by atoms with Crippen LogP contribution in [0.15, 0.2) is 10.2 Å². The largest absolute Gasteiger partial charge is 0.414 e. The van der Waals surface area contributed by atoms with Gasteiger partial charge in [-0.05, 0) is 35.1 Å². The Hall–Kier alpha value is 0.647. The molecule has 0 rings (SSSR count). The molecule has 0 radical (unpaired) electrons. The molecule has 0 aliphatic rings. The van der Waals surface area contributed by atoms with E-state index in [9.17, 15) is 0 Å². The molecule has 0 N–H and O–H groups in total. The molecular weight excluding hydrogens is 339 g/mol. The Morgan fingerprint density at radius 3 is 2.24 bits per heavy atom.